The van der Waals surface area contributed by atoms with Gasteiger partial charge in [0.15, 0.2) is 5.82 Å². The number of hydrogen-bond donors (Lipinski definition) is 0. The SMILES string of the molecule is Cn1cc(CC2CCN(c3nc(-c4ccccc4)nc4ccccc34)C2)cn1. The number of para-hydroxylation sites is 1. The van der Waals surface area contributed by atoms with Crippen LogP contribution < -0.4 is 4.90 Å². The minimum Gasteiger partial charge on any atom is -0.356 e. The molecule has 1 unspecified atom stereocenters. The highest BCUT2D eigenvalue weighted by molar-refractivity contribution is 5.91. The van der Waals surface area contributed by atoms with Gasteiger partial charge in [0.05, 0.1) is 11.7 Å². The molecule has 1 fully saturated rings. The van der Waals surface area contributed by atoms with Crippen LogP contribution in [0.1, 0.15) is 12.0 Å². The Bertz CT molecular complexity index is 1100. The molecule has 2 aromatic carbocycles. The minimum absolute atomic E-state index is 0.623. The predicted molar refractivity (Wildman–Crippen MR) is 112 cm³/mol. The first-order chi connectivity index (χ1) is 13.8. The summed E-state index contributed by atoms with van der Waals surface area (Å²) in [5, 5.41) is 5.43. The zero-order valence-electron chi connectivity index (χ0n) is 16.0. The summed E-state index contributed by atoms with van der Waals surface area (Å²) in [7, 11) is 1.97. The molecular weight excluding hydrogens is 346 g/mol. The Kier molecular flexibility index (Phi) is 4.28. The standard InChI is InChI=1S/C23H23N5/c1-27-15-18(14-24-27)13-17-11-12-28(16-17)23-20-9-5-6-10-21(20)25-22(26-23)19-7-3-2-4-8-19/h2-10,14-15,17H,11-13,16H2,1H3. The van der Waals surface area contributed by atoms with Crippen LogP contribution in [-0.4, -0.2) is 32.8 Å². The third-order valence-corrected chi connectivity index (χ3v) is 5.48. The number of nitrogens with zero attached hydrogens (tertiary/aromatic N) is 5. The molecule has 140 valence electrons. The van der Waals surface area contributed by atoms with E-state index in [1.54, 1.807) is 0 Å². The van der Waals surface area contributed by atoms with Crippen LogP contribution in [0.15, 0.2) is 67.0 Å². The quantitative estimate of drug-likeness (QED) is 0.543. The Labute approximate surface area is 164 Å². The van der Waals surface area contributed by atoms with Gasteiger partial charge in [0.25, 0.3) is 0 Å². The van der Waals surface area contributed by atoms with Crippen molar-refractivity contribution in [2.24, 2.45) is 13.0 Å². The van der Waals surface area contributed by atoms with Crippen LogP contribution in [0.5, 0.6) is 0 Å². The minimum atomic E-state index is 0.623. The molecular formula is C23H23N5. The fourth-order valence-corrected chi connectivity index (χ4v) is 4.12. The van der Waals surface area contributed by atoms with Crippen molar-refractivity contribution in [1.82, 2.24) is 19.7 Å². The highest BCUT2D eigenvalue weighted by Crippen LogP contribution is 2.31. The van der Waals surface area contributed by atoms with Crippen molar-refractivity contribution < 1.29 is 0 Å². The van der Waals surface area contributed by atoms with Crippen LogP contribution in [0.3, 0.4) is 0 Å². The molecule has 28 heavy (non-hydrogen) atoms. The number of aryl methyl sites for hydroxylation is 1. The normalized spacial score (nSPS) is 16.8. The summed E-state index contributed by atoms with van der Waals surface area (Å²) in [5.74, 6) is 2.47. The van der Waals surface area contributed by atoms with Crippen molar-refractivity contribution in [3.63, 3.8) is 0 Å². The number of hydrogen-bond acceptors (Lipinski definition) is 4. The van der Waals surface area contributed by atoms with Gasteiger partial charge in [-0.3, -0.25) is 4.68 Å². The smallest absolute Gasteiger partial charge is 0.162 e. The molecule has 5 heteroatoms. The number of rotatable bonds is 4. The van der Waals surface area contributed by atoms with E-state index in [-0.39, 0.29) is 0 Å². The summed E-state index contributed by atoms with van der Waals surface area (Å²) in [5.41, 5.74) is 3.37. The van der Waals surface area contributed by atoms with E-state index in [0.29, 0.717) is 5.92 Å². The van der Waals surface area contributed by atoms with Crippen molar-refractivity contribution in [3.8, 4) is 11.4 Å². The van der Waals surface area contributed by atoms with Gasteiger partial charge in [-0.25, -0.2) is 9.97 Å². The second-order valence-corrected chi connectivity index (χ2v) is 7.58. The Morgan fingerprint density at radius 2 is 1.82 bits per heavy atom. The fraction of sp³-hybridized carbons (Fsp3) is 0.261. The van der Waals surface area contributed by atoms with E-state index in [4.69, 9.17) is 9.97 Å². The largest absolute Gasteiger partial charge is 0.356 e. The Morgan fingerprint density at radius 1 is 1.00 bits per heavy atom. The van der Waals surface area contributed by atoms with Gasteiger partial charge < -0.3 is 4.90 Å². The first-order valence-corrected chi connectivity index (χ1v) is 9.81. The molecule has 3 heterocycles. The molecule has 1 aliphatic rings. The molecule has 1 atom stereocenters. The molecule has 0 radical (unpaired) electrons. The van der Waals surface area contributed by atoms with E-state index in [1.807, 2.05) is 42.2 Å². The second-order valence-electron chi connectivity index (χ2n) is 7.58. The molecule has 0 N–H and O–H groups in total. The van der Waals surface area contributed by atoms with Crippen LogP contribution in [-0.2, 0) is 13.5 Å². The van der Waals surface area contributed by atoms with E-state index in [9.17, 15) is 0 Å². The molecule has 1 aliphatic heterocycles. The lowest BCUT2D eigenvalue weighted by molar-refractivity contribution is 0.586. The Balaban J connectivity index is 1.48. The number of benzene rings is 2. The van der Waals surface area contributed by atoms with Gasteiger partial charge in [-0.15, -0.1) is 0 Å². The summed E-state index contributed by atoms with van der Waals surface area (Å²) < 4.78 is 1.88. The van der Waals surface area contributed by atoms with Crippen molar-refractivity contribution >= 4 is 16.7 Å². The number of fused-ring (bicyclic) bond motifs is 1. The van der Waals surface area contributed by atoms with Gasteiger partial charge in [0, 0.05) is 37.3 Å². The highest BCUT2D eigenvalue weighted by atomic mass is 15.2. The maximum Gasteiger partial charge on any atom is 0.162 e. The van der Waals surface area contributed by atoms with Crippen LogP contribution in [0.4, 0.5) is 5.82 Å². The van der Waals surface area contributed by atoms with Gasteiger partial charge >= 0.3 is 0 Å². The maximum atomic E-state index is 5.00. The van der Waals surface area contributed by atoms with Gasteiger partial charge in [0.1, 0.15) is 5.82 Å². The second kappa shape index (κ2) is 7.08. The third kappa shape index (κ3) is 3.24. The predicted octanol–water partition coefficient (Wildman–Crippen LogP) is 4.10. The third-order valence-electron chi connectivity index (χ3n) is 5.48. The average Bonchev–Trinajstić information content (AvgIpc) is 3.37. The maximum absolute atomic E-state index is 5.00. The summed E-state index contributed by atoms with van der Waals surface area (Å²) in [6, 6.07) is 18.6. The molecule has 5 nitrogen and oxygen atoms in total. The number of anilines is 1. The molecule has 1 saturated heterocycles. The fourth-order valence-electron chi connectivity index (χ4n) is 4.12. The molecule has 2 aromatic heterocycles. The lowest BCUT2D eigenvalue weighted by Gasteiger charge is -2.20. The number of aromatic nitrogens is 4. The van der Waals surface area contributed by atoms with Crippen LogP contribution in [0.2, 0.25) is 0 Å². The Morgan fingerprint density at radius 3 is 2.64 bits per heavy atom. The Hall–Kier alpha value is -3.21. The summed E-state index contributed by atoms with van der Waals surface area (Å²) in [4.78, 5) is 12.2. The average molecular weight is 369 g/mol. The summed E-state index contributed by atoms with van der Waals surface area (Å²) in [6.45, 7) is 2.05. The van der Waals surface area contributed by atoms with E-state index in [2.05, 4.69) is 46.5 Å². The molecule has 0 amide bonds. The molecule has 5 rings (SSSR count). The summed E-state index contributed by atoms with van der Waals surface area (Å²) in [6.07, 6.45) is 6.35. The molecule has 0 saturated carbocycles. The van der Waals surface area contributed by atoms with Crippen molar-refractivity contribution in [3.05, 3.63) is 72.6 Å². The van der Waals surface area contributed by atoms with Crippen LogP contribution in [0, 0.1) is 5.92 Å². The highest BCUT2D eigenvalue weighted by Gasteiger charge is 2.26. The molecule has 0 bridgehead atoms. The van der Waals surface area contributed by atoms with E-state index in [0.717, 1.165) is 47.6 Å². The molecule has 0 spiro atoms. The topological polar surface area (TPSA) is 46.8 Å². The van der Waals surface area contributed by atoms with E-state index >= 15 is 0 Å². The lowest BCUT2D eigenvalue weighted by atomic mass is 10.0. The lowest BCUT2D eigenvalue weighted by Crippen LogP contribution is -2.22. The van der Waals surface area contributed by atoms with E-state index < -0.39 is 0 Å². The zero-order chi connectivity index (χ0) is 18.9. The van der Waals surface area contributed by atoms with Gasteiger partial charge in [-0.1, -0.05) is 42.5 Å². The van der Waals surface area contributed by atoms with Gasteiger partial charge in [0.2, 0.25) is 0 Å². The first kappa shape index (κ1) is 16.9. The van der Waals surface area contributed by atoms with Crippen LogP contribution in [0.25, 0.3) is 22.3 Å². The zero-order valence-corrected chi connectivity index (χ0v) is 16.0. The van der Waals surface area contributed by atoms with Gasteiger partial charge in [-0.05, 0) is 36.5 Å². The van der Waals surface area contributed by atoms with E-state index in [1.165, 1.54) is 12.0 Å². The molecule has 0 aliphatic carbocycles. The summed E-state index contributed by atoms with van der Waals surface area (Å²) >= 11 is 0. The van der Waals surface area contributed by atoms with Gasteiger partial charge in [-0.2, -0.15) is 5.10 Å². The van der Waals surface area contributed by atoms with Crippen LogP contribution >= 0.6 is 0 Å². The van der Waals surface area contributed by atoms with Crippen molar-refractivity contribution in [2.45, 2.75) is 12.8 Å². The monoisotopic (exact) mass is 369 g/mol. The van der Waals surface area contributed by atoms with Crippen molar-refractivity contribution in [1.29, 1.82) is 0 Å². The van der Waals surface area contributed by atoms with Crippen molar-refractivity contribution in [2.75, 3.05) is 18.0 Å². The molecule has 4 aromatic rings. The first-order valence-electron chi connectivity index (χ1n) is 9.81.